The van der Waals surface area contributed by atoms with Crippen molar-refractivity contribution >= 4 is 15.1 Å². The van der Waals surface area contributed by atoms with E-state index in [1.54, 1.807) is 0 Å². The molecular weight excluding hydrogens is 102 g/mol. The highest BCUT2D eigenvalue weighted by Gasteiger charge is 1.94. The van der Waals surface area contributed by atoms with Crippen LogP contribution in [-0.4, -0.2) is 28.4 Å². The third-order valence-corrected chi connectivity index (χ3v) is 1.000. The zero-order valence-corrected chi connectivity index (χ0v) is 4.83. The summed E-state index contributed by atoms with van der Waals surface area (Å²) in [5.41, 5.74) is 0. The summed E-state index contributed by atoms with van der Waals surface area (Å²) in [4.78, 5) is 0. The van der Waals surface area contributed by atoms with Crippen LogP contribution in [-0.2, 0) is 0 Å². The molecule has 4 N–H and O–H groups in total. The topological polar surface area (TPSA) is 48.1 Å². The van der Waals surface area contributed by atoms with Crippen LogP contribution in [0.5, 0.6) is 0 Å². The van der Waals surface area contributed by atoms with Crippen molar-refractivity contribution < 1.29 is 0 Å². The van der Waals surface area contributed by atoms with Crippen LogP contribution in [0.4, 0.5) is 0 Å². The molecule has 1 saturated heterocycles. The molecule has 0 saturated carbocycles. The molecule has 0 radical (unpaired) electrons. The molecule has 0 spiro atoms. The van der Waals surface area contributed by atoms with Gasteiger partial charge in [0.1, 0.15) is 0 Å². The summed E-state index contributed by atoms with van der Waals surface area (Å²) >= 11 is 0. The Morgan fingerprint density at radius 3 is 1.50 bits per heavy atom. The Balaban J connectivity index is 2.00. The van der Waals surface area contributed by atoms with E-state index in [0.29, 0.717) is 0 Å². The quantitative estimate of drug-likeness (QED) is 0.249. The molecule has 1 rings (SSSR count). The molecule has 0 amide bonds. The summed E-state index contributed by atoms with van der Waals surface area (Å²) in [6, 6.07) is 0. The first kappa shape index (κ1) is 6.10. The van der Waals surface area contributed by atoms with E-state index in [2.05, 4.69) is 20.9 Å². The lowest BCUT2D eigenvalue weighted by Crippen LogP contribution is -2.51. The predicted octanol–water partition coefficient (Wildman–Crippen LogP) is -3.19. The van der Waals surface area contributed by atoms with E-state index in [-0.39, 0.29) is 0 Å². The van der Waals surface area contributed by atoms with Crippen LogP contribution in [0.15, 0.2) is 0 Å². The fourth-order valence-corrected chi connectivity index (χ4v) is 0.604. The summed E-state index contributed by atoms with van der Waals surface area (Å²) in [5, 5.41) is 12.5. The minimum Gasteiger partial charge on any atom is -0.334 e. The molecule has 4 nitrogen and oxygen atoms in total. The smallest absolute Gasteiger partial charge is 0.288 e. The Bertz CT molecular complexity index is 36.0. The van der Waals surface area contributed by atoms with Crippen LogP contribution in [0.2, 0.25) is 0 Å². The predicted molar refractivity (Wildman–Crippen MR) is 36.6 cm³/mol. The van der Waals surface area contributed by atoms with Crippen molar-refractivity contribution in [2.75, 3.05) is 13.3 Å². The van der Waals surface area contributed by atoms with Gasteiger partial charge in [-0.2, -0.15) is 0 Å². The van der Waals surface area contributed by atoms with Gasteiger partial charge in [0.25, 0.3) is 15.1 Å². The maximum Gasteiger partial charge on any atom is 0.288 e. The number of hydrogen-bond acceptors (Lipinski definition) is 4. The van der Waals surface area contributed by atoms with E-state index in [0.717, 1.165) is 28.4 Å². The van der Waals surface area contributed by atoms with E-state index in [4.69, 9.17) is 0 Å². The average molecular weight is 112 g/mol. The van der Waals surface area contributed by atoms with Crippen LogP contribution in [0.1, 0.15) is 0 Å². The first-order valence-electron chi connectivity index (χ1n) is 2.83. The second kappa shape index (κ2) is 3.91. The van der Waals surface area contributed by atoms with Crippen LogP contribution in [0.25, 0.3) is 0 Å². The van der Waals surface area contributed by atoms with E-state index in [1.807, 2.05) is 0 Å². The van der Waals surface area contributed by atoms with Gasteiger partial charge in [0.2, 0.25) is 0 Å². The van der Waals surface area contributed by atoms with Gasteiger partial charge >= 0.3 is 0 Å². The Morgan fingerprint density at radius 1 is 0.750 bits per heavy atom. The molecule has 0 bridgehead atoms. The molecule has 1 fully saturated rings. The second-order valence-electron chi connectivity index (χ2n) is 1.71. The minimum absolute atomic E-state index is 0.875. The van der Waals surface area contributed by atoms with E-state index >= 15 is 0 Å². The molecule has 44 valence electrons. The van der Waals surface area contributed by atoms with Gasteiger partial charge < -0.3 is 20.9 Å². The highest BCUT2D eigenvalue weighted by atomic mass is 15.1. The third-order valence-electron chi connectivity index (χ3n) is 1.000. The first-order chi connectivity index (χ1) is 4.00. The van der Waals surface area contributed by atoms with Crippen molar-refractivity contribution in [2.45, 2.75) is 0 Å². The van der Waals surface area contributed by atoms with E-state index in [1.165, 1.54) is 0 Å². The first-order valence-corrected chi connectivity index (χ1v) is 2.83. The molecule has 0 aliphatic carbocycles. The summed E-state index contributed by atoms with van der Waals surface area (Å²) < 4.78 is 0. The fourth-order valence-electron chi connectivity index (χ4n) is 0.604. The third kappa shape index (κ3) is 2.32. The molecule has 0 aromatic rings. The highest BCUT2D eigenvalue weighted by Crippen LogP contribution is 1.52. The summed E-state index contributed by atoms with van der Waals surface area (Å²) in [6.45, 7) is 1.75. The lowest BCUT2D eigenvalue weighted by molar-refractivity contribution is 0.767. The highest BCUT2D eigenvalue weighted by molar-refractivity contribution is 6.32. The molecule has 1 heterocycles. The maximum atomic E-state index is 3.12. The monoisotopic (exact) mass is 112 g/mol. The number of hydrogen-bond donors (Lipinski definition) is 4. The summed E-state index contributed by atoms with van der Waals surface area (Å²) in [6.07, 6.45) is 0. The molecule has 0 aromatic heterocycles. The van der Waals surface area contributed by atoms with Crippen LogP contribution in [0.3, 0.4) is 0 Å². The molecule has 1 aliphatic heterocycles. The second-order valence-corrected chi connectivity index (χ2v) is 1.71. The van der Waals surface area contributed by atoms with Crippen molar-refractivity contribution in [3.63, 3.8) is 0 Å². The molecular formula is C2H10B2N4. The standard InChI is InChI=1S/C2H10B2N4/c1-5-3-7-2-8-4-6-1/h3-8H,1-2H2. The number of rotatable bonds is 0. The Hall–Kier alpha value is -0.0301. The van der Waals surface area contributed by atoms with E-state index in [9.17, 15) is 0 Å². The Kier molecular flexibility index (Phi) is 2.98. The molecule has 0 atom stereocenters. The largest absolute Gasteiger partial charge is 0.334 e. The van der Waals surface area contributed by atoms with Crippen molar-refractivity contribution in [1.29, 1.82) is 0 Å². The maximum absolute atomic E-state index is 3.12. The Morgan fingerprint density at radius 2 is 1.12 bits per heavy atom. The molecule has 0 aromatic carbocycles. The summed E-state index contributed by atoms with van der Waals surface area (Å²) in [7, 11) is 1.75. The van der Waals surface area contributed by atoms with Gasteiger partial charge in [0.15, 0.2) is 0 Å². The molecule has 1 aliphatic rings. The van der Waals surface area contributed by atoms with Gasteiger partial charge in [-0.15, -0.1) is 0 Å². The Labute approximate surface area is 50.4 Å². The SMILES string of the molecule is B1NCNBNCN1. The molecule has 0 unspecified atom stereocenters. The number of nitrogens with one attached hydrogen (secondary N) is 4. The van der Waals surface area contributed by atoms with Gasteiger partial charge in [-0.3, -0.25) is 0 Å². The van der Waals surface area contributed by atoms with Crippen LogP contribution >= 0.6 is 0 Å². The van der Waals surface area contributed by atoms with Crippen molar-refractivity contribution in [1.82, 2.24) is 20.9 Å². The van der Waals surface area contributed by atoms with Crippen LogP contribution in [0, 0.1) is 0 Å². The van der Waals surface area contributed by atoms with Crippen molar-refractivity contribution in [3.8, 4) is 0 Å². The fraction of sp³-hybridized carbons (Fsp3) is 1.00. The minimum atomic E-state index is 0.875. The summed E-state index contributed by atoms with van der Waals surface area (Å²) in [5.74, 6) is 0. The van der Waals surface area contributed by atoms with Gasteiger partial charge in [-0.1, -0.05) is 0 Å². The van der Waals surface area contributed by atoms with Gasteiger partial charge in [0.05, 0.1) is 0 Å². The van der Waals surface area contributed by atoms with Crippen molar-refractivity contribution in [2.24, 2.45) is 0 Å². The van der Waals surface area contributed by atoms with Crippen molar-refractivity contribution in [3.05, 3.63) is 0 Å². The van der Waals surface area contributed by atoms with Gasteiger partial charge in [-0.05, 0) is 0 Å². The zero-order chi connectivity index (χ0) is 5.66. The lowest BCUT2D eigenvalue weighted by Gasteiger charge is -2.11. The zero-order valence-electron chi connectivity index (χ0n) is 4.83. The molecule has 8 heavy (non-hydrogen) atoms. The van der Waals surface area contributed by atoms with Gasteiger partial charge in [-0.25, -0.2) is 0 Å². The van der Waals surface area contributed by atoms with Crippen LogP contribution < -0.4 is 20.9 Å². The van der Waals surface area contributed by atoms with E-state index < -0.39 is 0 Å². The lowest BCUT2D eigenvalue weighted by atomic mass is 10.1. The molecule has 6 heteroatoms. The average Bonchev–Trinajstić information content (AvgIpc) is 1.62. The normalized spacial score (nSPS) is 22.0. The van der Waals surface area contributed by atoms with Gasteiger partial charge in [0, 0.05) is 13.3 Å².